The number of anilines is 1. The monoisotopic (exact) mass is 285 g/mol. The van der Waals surface area contributed by atoms with Crippen LogP contribution in [0.4, 0.5) is 5.69 Å². The van der Waals surface area contributed by atoms with Crippen molar-refractivity contribution in [2.75, 3.05) is 25.5 Å². The molecule has 0 unspecified atom stereocenters. The van der Waals surface area contributed by atoms with Gasteiger partial charge in [-0.3, -0.25) is 9.78 Å². The Labute approximate surface area is 124 Å². The molecule has 0 fully saturated rings. The number of aliphatic hydroxyl groups excluding tert-OH is 1. The zero-order chi connectivity index (χ0) is 15.1. The number of rotatable bonds is 6. The first-order valence-corrected chi connectivity index (χ1v) is 6.82. The van der Waals surface area contributed by atoms with Crippen molar-refractivity contribution in [3.05, 3.63) is 59.9 Å². The molecule has 0 bridgehead atoms. The predicted octanol–water partition coefficient (Wildman–Crippen LogP) is 1.76. The fourth-order valence-electron chi connectivity index (χ4n) is 2.13. The van der Waals surface area contributed by atoms with Gasteiger partial charge in [-0.25, -0.2) is 0 Å². The first kappa shape index (κ1) is 15.0. The van der Waals surface area contributed by atoms with Crippen LogP contribution in [0.25, 0.3) is 0 Å². The van der Waals surface area contributed by atoms with E-state index in [4.69, 9.17) is 0 Å². The Morgan fingerprint density at radius 2 is 2.05 bits per heavy atom. The molecule has 21 heavy (non-hydrogen) atoms. The van der Waals surface area contributed by atoms with Crippen molar-refractivity contribution >= 4 is 11.6 Å². The molecule has 1 aromatic carbocycles. The molecular formula is C16H19N3O2. The van der Waals surface area contributed by atoms with Gasteiger partial charge in [0.05, 0.1) is 24.1 Å². The molecule has 0 radical (unpaired) electrons. The van der Waals surface area contributed by atoms with Crippen LogP contribution in [-0.4, -0.2) is 41.1 Å². The molecular weight excluding hydrogens is 266 g/mol. The topological polar surface area (TPSA) is 65.5 Å². The summed E-state index contributed by atoms with van der Waals surface area (Å²) in [4.78, 5) is 18.3. The van der Waals surface area contributed by atoms with E-state index >= 15 is 0 Å². The minimum atomic E-state index is -0.125. The van der Waals surface area contributed by atoms with Gasteiger partial charge >= 0.3 is 0 Å². The van der Waals surface area contributed by atoms with E-state index in [2.05, 4.69) is 10.3 Å². The third-order valence-corrected chi connectivity index (χ3v) is 3.19. The number of nitrogens with zero attached hydrogens (tertiary/aromatic N) is 2. The molecule has 0 saturated carbocycles. The Morgan fingerprint density at radius 1 is 1.29 bits per heavy atom. The number of carbonyl (C=O) groups is 1. The van der Waals surface area contributed by atoms with Gasteiger partial charge in [-0.05, 0) is 11.6 Å². The second kappa shape index (κ2) is 7.40. The van der Waals surface area contributed by atoms with Crippen molar-refractivity contribution < 1.29 is 9.90 Å². The molecule has 110 valence electrons. The lowest BCUT2D eigenvalue weighted by Crippen LogP contribution is -2.33. The number of hydrogen-bond acceptors (Lipinski definition) is 4. The number of aromatic nitrogens is 1. The van der Waals surface area contributed by atoms with Crippen molar-refractivity contribution in [3.8, 4) is 0 Å². The van der Waals surface area contributed by atoms with E-state index in [1.54, 1.807) is 30.4 Å². The third kappa shape index (κ3) is 3.79. The molecule has 2 aromatic rings. The predicted molar refractivity (Wildman–Crippen MR) is 82.1 cm³/mol. The van der Waals surface area contributed by atoms with Crippen molar-refractivity contribution in [2.24, 2.45) is 0 Å². The molecule has 0 aliphatic carbocycles. The smallest absolute Gasteiger partial charge is 0.256 e. The molecule has 2 N–H and O–H groups in total. The molecule has 0 spiro atoms. The minimum absolute atomic E-state index is 0.0709. The van der Waals surface area contributed by atoms with Crippen LogP contribution in [-0.2, 0) is 6.54 Å². The van der Waals surface area contributed by atoms with Crippen LogP contribution < -0.4 is 5.32 Å². The summed E-state index contributed by atoms with van der Waals surface area (Å²) in [5.41, 5.74) is 2.26. The van der Waals surface area contributed by atoms with E-state index in [1.807, 2.05) is 30.3 Å². The SMILES string of the molecule is CNc1cnccc1C(=O)N(CCO)Cc1ccccc1. The summed E-state index contributed by atoms with van der Waals surface area (Å²) in [6, 6.07) is 11.4. The zero-order valence-corrected chi connectivity index (χ0v) is 12.0. The number of carbonyl (C=O) groups excluding carboxylic acids is 1. The summed E-state index contributed by atoms with van der Waals surface area (Å²) in [5, 5.41) is 12.2. The van der Waals surface area contributed by atoms with Gasteiger partial charge in [-0.1, -0.05) is 30.3 Å². The van der Waals surface area contributed by atoms with Crippen molar-refractivity contribution in [1.29, 1.82) is 0 Å². The lowest BCUT2D eigenvalue weighted by molar-refractivity contribution is 0.0708. The highest BCUT2D eigenvalue weighted by atomic mass is 16.3. The number of amides is 1. The van der Waals surface area contributed by atoms with Gasteiger partial charge in [0.2, 0.25) is 0 Å². The second-order valence-electron chi connectivity index (χ2n) is 4.61. The van der Waals surface area contributed by atoms with Crippen LogP contribution in [0.3, 0.4) is 0 Å². The Bertz CT molecular complexity index is 587. The van der Waals surface area contributed by atoms with Crippen molar-refractivity contribution in [1.82, 2.24) is 9.88 Å². The van der Waals surface area contributed by atoms with Crippen molar-refractivity contribution in [2.45, 2.75) is 6.54 Å². The molecule has 1 aromatic heterocycles. The molecule has 0 atom stereocenters. The molecule has 0 saturated heterocycles. The molecule has 2 rings (SSSR count). The lowest BCUT2D eigenvalue weighted by Gasteiger charge is -2.23. The van der Waals surface area contributed by atoms with Gasteiger partial charge in [0.1, 0.15) is 0 Å². The van der Waals surface area contributed by atoms with Gasteiger partial charge in [-0.2, -0.15) is 0 Å². The second-order valence-corrected chi connectivity index (χ2v) is 4.61. The number of hydrogen-bond donors (Lipinski definition) is 2. The molecule has 0 aliphatic rings. The first-order chi connectivity index (χ1) is 10.3. The number of benzene rings is 1. The minimum Gasteiger partial charge on any atom is -0.395 e. The summed E-state index contributed by atoms with van der Waals surface area (Å²) in [5.74, 6) is -0.125. The average Bonchev–Trinajstić information content (AvgIpc) is 2.54. The highest BCUT2D eigenvalue weighted by molar-refractivity contribution is 5.99. The standard InChI is InChI=1S/C16H19N3O2/c1-17-15-11-18-8-7-14(15)16(21)19(9-10-20)12-13-5-3-2-4-6-13/h2-8,11,17,20H,9-10,12H2,1H3. The summed E-state index contributed by atoms with van der Waals surface area (Å²) >= 11 is 0. The van der Waals surface area contributed by atoms with E-state index in [9.17, 15) is 9.90 Å². The van der Waals surface area contributed by atoms with Gasteiger partial charge < -0.3 is 15.3 Å². The number of pyridine rings is 1. The average molecular weight is 285 g/mol. The molecule has 0 aliphatic heterocycles. The van der Waals surface area contributed by atoms with Crippen molar-refractivity contribution in [3.63, 3.8) is 0 Å². The van der Waals surface area contributed by atoms with E-state index in [0.717, 1.165) is 5.56 Å². The van der Waals surface area contributed by atoms with Gasteiger partial charge in [0.25, 0.3) is 5.91 Å². The maximum Gasteiger partial charge on any atom is 0.256 e. The molecule has 1 heterocycles. The largest absolute Gasteiger partial charge is 0.395 e. The van der Waals surface area contributed by atoms with Gasteiger partial charge in [0.15, 0.2) is 0 Å². The number of aliphatic hydroxyl groups is 1. The van der Waals surface area contributed by atoms with Gasteiger partial charge in [0, 0.05) is 26.3 Å². The fourth-order valence-corrected chi connectivity index (χ4v) is 2.13. The Morgan fingerprint density at radius 3 is 2.71 bits per heavy atom. The van der Waals surface area contributed by atoms with Gasteiger partial charge in [-0.15, -0.1) is 0 Å². The van der Waals surface area contributed by atoms with E-state index < -0.39 is 0 Å². The highest BCUT2D eigenvalue weighted by Crippen LogP contribution is 2.16. The maximum atomic E-state index is 12.7. The molecule has 5 heteroatoms. The Hall–Kier alpha value is -2.40. The summed E-state index contributed by atoms with van der Waals surface area (Å²) in [6.07, 6.45) is 3.21. The molecule has 5 nitrogen and oxygen atoms in total. The Kier molecular flexibility index (Phi) is 5.29. The Balaban J connectivity index is 2.23. The zero-order valence-electron chi connectivity index (χ0n) is 12.0. The number of nitrogens with one attached hydrogen (secondary N) is 1. The van der Waals surface area contributed by atoms with Crippen LogP contribution in [0.15, 0.2) is 48.8 Å². The summed E-state index contributed by atoms with van der Waals surface area (Å²) in [6.45, 7) is 0.684. The molecule has 1 amide bonds. The quantitative estimate of drug-likeness (QED) is 0.849. The summed E-state index contributed by atoms with van der Waals surface area (Å²) in [7, 11) is 1.75. The highest BCUT2D eigenvalue weighted by Gasteiger charge is 2.18. The lowest BCUT2D eigenvalue weighted by atomic mass is 10.1. The van der Waals surface area contributed by atoms with E-state index in [1.165, 1.54) is 0 Å². The van der Waals surface area contributed by atoms with Crippen LogP contribution in [0.2, 0.25) is 0 Å². The van der Waals surface area contributed by atoms with Crippen LogP contribution in [0.5, 0.6) is 0 Å². The fraction of sp³-hybridized carbons (Fsp3) is 0.250. The van der Waals surface area contributed by atoms with Crippen LogP contribution in [0, 0.1) is 0 Å². The summed E-state index contributed by atoms with van der Waals surface area (Å²) < 4.78 is 0. The van der Waals surface area contributed by atoms with Crippen LogP contribution in [0.1, 0.15) is 15.9 Å². The normalized spacial score (nSPS) is 10.2. The van der Waals surface area contributed by atoms with Crippen LogP contribution >= 0.6 is 0 Å². The third-order valence-electron chi connectivity index (χ3n) is 3.19. The van der Waals surface area contributed by atoms with E-state index in [-0.39, 0.29) is 12.5 Å². The maximum absolute atomic E-state index is 12.7. The van der Waals surface area contributed by atoms with E-state index in [0.29, 0.717) is 24.3 Å². The first-order valence-electron chi connectivity index (χ1n) is 6.82.